The largest absolute Gasteiger partial charge is 0.480 e. The standard InChI is InChI=1S/C22H26N2O5/c1-15(2)19(21(26)27)24(22(28)29-14-17-11-7-4-8-12-17)20(25)18(23)13-16-9-5-3-6-10-16/h3-12,15,18-19H,13-14,23H2,1-2H3,(H,26,27). The number of benzene rings is 2. The van der Waals surface area contributed by atoms with Crippen molar-refractivity contribution in [2.75, 3.05) is 0 Å². The minimum absolute atomic E-state index is 0.0815. The molecule has 2 unspecified atom stereocenters. The monoisotopic (exact) mass is 398 g/mol. The van der Waals surface area contributed by atoms with Gasteiger partial charge in [0.1, 0.15) is 12.6 Å². The highest BCUT2D eigenvalue weighted by Gasteiger charge is 2.40. The summed E-state index contributed by atoms with van der Waals surface area (Å²) in [5, 5.41) is 9.63. The molecule has 0 aromatic heterocycles. The fraction of sp³-hybridized carbons (Fsp3) is 0.318. The Morgan fingerprint density at radius 3 is 1.97 bits per heavy atom. The maximum atomic E-state index is 13.0. The lowest BCUT2D eigenvalue weighted by Crippen LogP contribution is -2.56. The number of carbonyl (C=O) groups is 3. The van der Waals surface area contributed by atoms with Crippen LogP contribution < -0.4 is 5.73 Å². The zero-order chi connectivity index (χ0) is 21.4. The molecule has 7 heteroatoms. The van der Waals surface area contributed by atoms with E-state index in [0.717, 1.165) is 11.1 Å². The molecular formula is C22H26N2O5. The van der Waals surface area contributed by atoms with E-state index in [-0.39, 0.29) is 13.0 Å². The Hall–Kier alpha value is -3.19. The van der Waals surface area contributed by atoms with Crippen molar-refractivity contribution in [3.8, 4) is 0 Å². The Labute approximate surface area is 170 Å². The number of amides is 2. The number of carbonyl (C=O) groups excluding carboxylic acids is 2. The molecule has 0 heterocycles. The number of rotatable bonds is 8. The first-order valence-corrected chi connectivity index (χ1v) is 9.37. The molecule has 7 nitrogen and oxygen atoms in total. The number of imide groups is 1. The summed E-state index contributed by atoms with van der Waals surface area (Å²) in [4.78, 5) is 38.2. The molecule has 0 saturated heterocycles. The van der Waals surface area contributed by atoms with Gasteiger partial charge >= 0.3 is 12.1 Å². The lowest BCUT2D eigenvalue weighted by molar-refractivity contribution is -0.151. The third kappa shape index (κ3) is 6.15. The normalized spacial score (nSPS) is 12.8. The van der Waals surface area contributed by atoms with Gasteiger partial charge in [-0.1, -0.05) is 74.5 Å². The molecule has 0 aliphatic carbocycles. The van der Waals surface area contributed by atoms with Crippen LogP contribution in [-0.4, -0.2) is 40.1 Å². The Kier molecular flexibility index (Phi) is 7.91. The van der Waals surface area contributed by atoms with E-state index in [1.54, 1.807) is 38.1 Å². The van der Waals surface area contributed by atoms with Crippen LogP contribution in [0.2, 0.25) is 0 Å². The second-order valence-electron chi connectivity index (χ2n) is 7.07. The summed E-state index contributed by atoms with van der Waals surface area (Å²) in [6.07, 6.45) is -0.851. The van der Waals surface area contributed by atoms with E-state index in [9.17, 15) is 19.5 Å². The number of hydrogen-bond acceptors (Lipinski definition) is 5. The summed E-state index contributed by atoms with van der Waals surface area (Å²) in [5.74, 6) is -2.60. The van der Waals surface area contributed by atoms with Gasteiger partial charge in [-0.05, 0) is 23.5 Å². The van der Waals surface area contributed by atoms with Crippen molar-refractivity contribution in [1.82, 2.24) is 4.90 Å². The van der Waals surface area contributed by atoms with Gasteiger partial charge in [-0.25, -0.2) is 14.5 Å². The lowest BCUT2D eigenvalue weighted by Gasteiger charge is -2.30. The van der Waals surface area contributed by atoms with Gasteiger partial charge in [-0.3, -0.25) is 4.79 Å². The van der Waals surface area contributed by atoms with Crippen molar-refractivity contribution in [1.29, 1.82) is 0 Å². The molecule has 0 radical (unpaired) electrons. The molecule has 2 aromatic carbocycles. The number of nitrogens with zero attached hydrogens (tertiary/aromatic N) is 1. The first-order valence-electron chi connectivity index (χ1n) is 9.37. The van der Waals surface area contributed by atoms with Crippen LogP contribution >= 0.6 is 0 Å². The number of carboxylic acid groups (broad SMARTS) is 1. The molecule has 2 aromatic rings. The average molecular weight is 398 g/mol. The van der Waals surface area contributed by atoms with Crippen LogP contribution in [0.25, 0.3) is 0 Å². The SMILES string of the molecule is CC(C)C(C(=O)O)N(C(=O)OCc1ccccc1)C(=O)C(N)Cc1ccccc1. The number of carboxylic acids is 1. The summed E-state index contributed by atoms with van der Waals surface area (Å²) < 4.78 is 5.24. The lowest BCUT2D eigenvalue weighted by atomic mass is 10.0. The molecule has 0 bridgehead atoms. The fourth-order valence-corrected chi connectivity index (χ4v) is 2.96. The van der Waals surface area contributed by atoms with E-state index in [4.69, 9.17) is 10.5 Å². The van der Waals surface area contributed by atoms with Crippen molar-refractivity contribution >= 4 is 18.0 Å². The van der Waals surface area contributed by atoms with E-state index in [1.807, 2.05) is 36.4 Å². The molecule has 0 aliphatic rings. The molecule has 29 heavy (non-hydrogen) atoms. The van der Waals surface area contributed by atoms with Gasteiger partial charge in [0.05, 0.1) is 6.04 Å². The first-order chi connectivity index (χ1) is 13.8. The smallest absolute Gasteiger partial charge is 0.417 e. The van der Waals surface area contributed by atoms with Crippen LogP contribution in [0.5, 0.6) is 0 Å². The third-order valence-corrected chi connectivity index (χ3v) is 4.42. The van der Waals surface area contributed by atoms with Gasteiger partial charge in [0.2, 0.25) is 5.91 Å². The van der Waals surface area contributed by atoms with Crippen LogP contribution in [0.4, 0.5) is 4.79 Å². The van der Waals surface area contributed by atoms with E-state index in [2.05, 4.69) is 0 Å². The third-order valence-electron chi connectivity index (χ3n) is 4.42. The molecule has 2 amide bonds. The molecule has 3 N–H and O–H groups in total. The van der Waals surface area contributed by atoms with Crippen LogP contribution in [0.3, 0.4) is 0 Å². The van der Waals surface area contributed by atoms with Crippen molar-refractivity contribution < 1.29 is 24.2 Å². The topological polar surface area (TPSA) is 110 Å². The molecule has 154 valence electrons. The number of ether oxygens (including phenoxy) is 1. The molecule has 2 atom stereocenters. The predicted octanol–water partition coefficient (Wildman–Crippen LogP) is 2.83. The average Bonchev–Trinajstić information content (AvgIpc) is 2.70. The summed E-state index contributed by atoms with van der Waals surface area (Å²) >= 11 is 0. The zero-order valence-corrected chi connectivity index (χ0v) is 16.5. The Balaban J connectivity index is 2.22. The summed E-state index contributed by atoms with van der Waals surface area (Å²) in [5.41, 5.74) is 7.57. The van der Waals surface area contributed by atoms with Crippen LogP contribution in [0, 0.1) is 5.92 Å². The molecular weight excluding hydrogens is 372 g/mol. The van der Waals surface area contributed by atoms with Gasteiger partial charge in [0.15, 0.2) is 0 Å². The van der Waals surface area contributed by atoms with E-state index < -0.39 is 36.0 Å². The fourth-order valence-electron chi connectivity index (χ4n) is 2.96. The number of hydrogen-bond donors (Lipinski definition) is 2. The van der Waals surface area contributed by atoms with Crippen molar-refractivity contribution in [2.24, 2.45) is 11.7 Å². The Morgan fingerprint density at radius 1 is 0.966 bits per heavy atom. The number of aliphatic carboxylic acids is 1. The summed E-state index contributed by atoms with van der Waals surface area (Å²) in [6.45, 7) is 3.15. The highest BCUT2D eigenvalue weighted by atomic mass is 16.6. The van der Waals surface area contributed by atoms with E-state index in [0.29, 0.717) is 4.90 Å². The quantitative estimate of drug-likeness (QED) is 0.708. The summed E-state index contributed by atoms with van der Waals surface area (Å²) in [7, 11) is 0. The van der Waals surface area contributed by atoms with Gasteiger partial charge in [-0.15, -0.1) is 0 Å². The minimum Gasteiger partial charge on any atom is -0.480 e. The Bertz CT molecular complexity index is 824. The molecule has 0 aliphatic heterocycles. The number of nitrogens with two attached hydrogens (primary N) is 1. The highest BCUT2D eigenvalue weighted by molar-refractivity contribution is 5.99. The van der Waals surface area contributed by atoms with E-state index >= 15 is 0 Å². The Morgan fingerprint density at radius 2 is 1.48 bits per heavy atom. The minimum atomic E-state index is -1.38. The van der Waals surface area contributed by atoms with Gasteiger partial charge < -0.3 is 15.6 Å². The van der Waals surface area contributed by atoms with Crippen LogP contribution in [-0.2, 0) is 27.4 Å². The van der Waals surface area contributed by atoms with Gasteiger partial charge in [0.25, 0.3) is 0 Å². The second kappa shape index (κ2) is 10.4. The predicted molar refractivity (Wildman–Crippen MR) is 108 cm³/mol. The highest BCUT2D eigenvalue weighted by Crippen LogP contribution is 2.17. The maximum Gasteiger partial charge on any atom is 0.417 e. The van der Waals surface area contributed by atoms with Crippen LogP contribution in [0.1, 0.15) is 25.0 Å². The molecule has 0 spiro atoms. The summed E-state index contributed by atoms with van der Waals surface area (Å²) in [6, 6.07) is 15.5. The molecule has 0 saturated carbocycles. The second-order valence-corrected chi connectivity index (χ2v) is 7.07. The maximum absolute atomic E-state index is 13.0. The van der Waals surface area contributed by atoms with Crippen molar-refractivity contribution in [2.45, 2.75) is 39.0 Å². The van der Waals surface area contributed by atoms with E-state index in [1.165, 1.54) is 0 Å². The van der Waals surface area contributed by atoms with Crippen molar-refractivity contribution in [3.05, 3.63) is 71.8 Å². The first kappa shape index (κ1) is 22.1. The van der Waals surface area contributed by atoms with Crippen molar-refractivity contribution in [3.63, 3.8) is 0 Å². The molecule has 0 fully saturated rings. The zero-order valence-electron chi connectivity index (χ0n) is 16.5. The van der Waals surface area contributed by atoms with Gasteiger partial charge in [-0.2, -0.15) is 0 Å². The van der Waals surface area contributed by atoms with Crippen LogP contribution in [0.15, 0.2) is 60.7 Å². The molecule has 2 rings (SSSR count). The van der Waals surface area contributed by atoms with Gasteiger partial charge in [0, 0.05) is 0 Å².